The van der Waals surface area contributed by atoms with Crippen LogP contribution in [0.3, 0.4) is 0 Å². The predicted octanol–water partition coefficient (Wildman–Crippen LogP) is 1.44. The van der Waals surface area contributed by atoms with E-state index >= 15 is 0 Å². The number of hydrogen-bond acceptors (Lipinski definition) is 11. The molecule has 16 nitrogen and oxygen atoms in total. The summed E-state index contributed by atoms with van der Waals surface area (Å²) in [6.45, 7) is 3.82. The molecule has 4 bridgehead atoms. The van der Waals surface area contributed by atoms with E-state index < -0.39 is 53.7 Å². The number of nitriles is 1. The van der Waals surface area contributed by atoms with E-state index in [1.165, 1.54) is 30.9 Å². The zero-order valence-electron chi connectivity index (χ0n) is 33.8. The number of nitrogens with zero attached hydrogens (tertiary/aromatic N) is 2. The minimum Gasteiger partial charge on any atom is -0.492 e. The predicted molar refractivity (Wildman–Crippen MR) is 221 cm³/mol. The van der Waals surface area contributed by atoms with Crippen molar-refractivity contribution in [1.82, 2.24) is 26.2 Å². The van der Waals surface area contributed by atoms with E-state index in [0.717, 1.165) is 18.4 Å². The third-order valence-electron chi connectivity index (χ3n) is 10.7. The molecule has 10 N–H and O–H groups in total. The van der Waals surface area contributed by atoms with Gasteiger partial charge < -0.3 is 52.8 Å². The quantitative estimate of drug-likeness (QED) is 0.108. The van der Waals surface area contributed by atoms with Gasteiger partial charge in [-0.25, -0.2) is 0 Å². The van der Waals surface area contributed by atoms with Crippen LogP contribution in [-0.4, -0.2) is 99.0 Å². The largest absolute Gasteiger partial charge is 0.492 e. The van der Waals surface area contributed by atoms with Crippen LogP contribution in [0.4, 0.5) is 0 Å². The molecule has 16 heteroatoms. The molecule has 0 spiro atoms. The van der Waals surface area contributed by atoms with E-state index in [2.05, 4.69) is 21.3 Å². The van der Waals surface area contributed by atoms with Gasteiger partial charge in [-0.2, -0.15) is 5.26 Å². The Morgan fingerprint density at radius 3 is 2.17 bits per heavy atom. The van der Waals surface area contributed by atoms with Crippen molar-refractivity contribution >= 4 is 29.5 Å². The number of aryl methyl sites for hydroxylation is 1. The van der Waals surface area contributed by atoms with Crippen LogP contribution < -0.4 is 47.9 Å². The standard InChI is InChI=1S/C43H55N9O7/c1-25-21-29(28-5-4-6-28)8-10-31(25)40(54)50-34(13-14-44)43(57)52(3)38-30-9-12-37(59-20-17-47)33(24-30)32-22-27(7-11-36(32)58-19-16-46)23-35(41(55)48-18-15-45)51-39(53)26(2)49-42(38)56/h7-12,21-22,24,26,28,34-35,38H,4-6,13-14,16-20,23,44,46-47H2,1-3H3,(H,48,55)(H,49,56)(H,50,54)(H,51,53)/t26-,34-,35-,38-/m0/s1. The summed E-state index contributed by atoms with van der Waals surface area (Å²) >= 11 is 0. The lowest BCUT2D eigenvalue weighted by Crippen LogP contribution is -2.56. The first-order chi connectivity index (χ1) is 28.4. The highest BCUT2D eigenvalue weighted by molar-refractivity contribution is 6.00. The summed E-state index contributed by atoms with van der Waals surface area (Å²) in [5, 5.41) is 19.9. The number of carbonyl (C=O) groups is 5. The molecular weight excluding hydrogens is 755 g/mol. The monoisotopic (exact) mass is 809 g/mol. The molecule has 59 heavy (non-hydrogen) atoms. The number of nitrogens with two attached hydrogens (primary N) is 3. The third-order valence-corrected chi connectivity index (χ3v) is 10.7. The number of amides is 5. The number of likely N-dealkylation sites (N-methyl/N-ethyl adjacent to an activating group) is 1. The number of carbonyl (C=O) groups excluding carboxylic acids is 5. The van der Waals surface area contributed by atoms with Gasteiger partial charge in [0.15, 0.2) is 0 Å². The fraction of sp³-hybridized carbons (Fsp3) is 0.442. The average Bonchev–Trinajstić information content (AvgIpc) is 3.20. The van der Waals surface area contributed by atoms with Crippen molar-refractivity contribution < 1.29 is 33.4 Å². The maximum Gasteiger partial charge on any atom is 0.252 e. The SMILES string of the molecule is Cc1cc(C2CCC2)ccc1C(=O)N[C@@H](CCN)C(=O)N(C)[C@@H]1C(=O)N[C@@H](C)C(=O)N[C@H](C(=O)NCC#N)Cc2ccc(OCCN)c(c2)-c2cc1ccc2OCCN. The molecule has 1 fully saturated rings. The van der Waals surface area contributed by atoms with Gasteiger partial charge in [0, 0.05) is 43.2 Å². The summed E-state index contributed by atoms with van der Waals surface area (Å²) in [7, 11) is 1.44. The van der Waals surface area contributed by atoms with Crippen LogP contribution in [0.1, 0.15) is 77.2 Å². The van der Waals surface area contributed by atoms with Crippen molar-refractivity contribution in [2.45, 2.75) is 76.0 Å². The molecule has 5 rings (SSSR count). The molecule has 2 aliphatic rings. The van der Waals surface area contributed by atoms with Gasteiger partial charge in [-0.3, -0.25) is 24.0 Å². The highest BCUT2D eigenvalue weighted by Crippen LogP contribution is 2.40. The van der Waals surface area contributed by atoms with Gasteiger partial charge in [0.2, 0.25) is 23.6 Å². The van der Waals surface area contributed by atoms with E-state index in [1.54, 1.807) is 42.5 Å². The molecule has 0 unspecified atom stereocenters. The molecule has 1 saturated carbocycles. The first-order valence-corrected chi connectivity index (χ1v) is 20.0. The van der Waals surface area contributed by atoms with Crippen LogP contribution in [0.25, 0.3) is 11.1 Å². The Balaban J connectivity index is 1.59. The first-order valence-electron chi connectivity index (χ1n) is 20.0. The van der Waals surface area contributed by atoms with Crippen molar-refractivity contribution in [3.05, 3.63) is 82.4 Å². The maximum atomic E-state index is 14.5. The van der Waals surface area contributed by atoms with Crippen LogP contribution in [-0.2, 0) is 25.6 Å². The summed E-state index contributed by atoms with van der Waals surface area (Å²) in [6.07, 6.45) is 3.50. The van der Waals surface area contributed by atoms with Gasteiger partial charge in [0.05, 0.1) is 6.07 Å². The van der Waals surface area contributed by atoms with Crippen LogP contribution >= 0.6 is 0 Å². The number of fused-ring (bicyclic) bond motifs is 5. The van der Waals surface area contributed by atoms with Gasteiger partial charge in [-0.1, -0.05) is 30.7 Å². The summed E-state index contributed by atoms with van der Waals surface area (Å²) < 4.78 is 12.2. The van der Waals surface area contributed by atoms with Gasteiger partial charge in [-0.15, -0.1) is 0 Å². The topological polar surface area (TPSA) is 257 Å². The Morgan fingerprint density at radius 2 is 1.56 bits per heavy atom. The average molecular weight is 810 g/mol. The minimum atomic E-state index is -1.35. The van der Waals surface area contributed by atoms with Crippen LogP contribution in [0.15, 0.2) is 54.6 Å². The van der Waals surface area contributed by atoms with Crippen molar-refractivity contribution in [2.75, 3.05) is 46.4 Å². The van der Waals surface area contributed by atoms with Crippen LogP contribution in [0.2, 0.25) is 0 Å². The molecule has 5 amide bonds. The maximum absolute atomic E-state index is 14.5. The lowest BCUT2D eigenvalue weighted by molar-refractivity contribution is -0.141. The molecule has 4 atom stereocenters. The highest BCUT2D eigenvalue weighted by Gasteiger charge is 2.36. The van der Waals surface area contributed by atoms with Crippen molar-refractivity contribution in [3.8, 4) is 28.7 Å². The van der Waals surface area contributed by atoms with Crippen LogP contribution in [0.5, 0.6) is 11.5 Å². The Labute approximate surface area is 344 Å². The van der Waals surface area contributed by atoms with Gasteiger partial charge >= 0.3 is 0 Å². The van der Waals surface area contributed by atoms with Gasteiger partial charge in [0.1, 0.15) is 55.4 Å². The number of benzene rings is 3. The molecule has 314 valence electrons. The first kappa shape index (κ1) is 44.1. The van der Waals surface area contributed by atoms with E-state index in [1.807, 2.05) is 25.1 Å². The Morgan fingerprint density at radius 1 is 0.898 bits per heavy atom. The van der Waals surface area contributed by atoms with E-state index in [9.17, 15) is 24.0 Å². The van der Waals surface area contributed by atoms with Crippen molar-refractivity contribution in [1.29, 1.82) is 5.26 Å². The third kappa shape index (κ3) is 10.7. The minimum absolute atomic E-state index is 0.0187. The number of ether oxygens (including phenoxy) is 2. The second-order valence-corrected chi connectivity index (χ2v) is 14.9. The van der Waals surface area contributed by atoms with E-state index in [-0.39, 0.29) is 52.2 Å². The van der Waals surface area contributed by atoms with Crippen LogP contribution in [0, 0.1) is 18.3 Å². The lowest BCUT2D eigenvalue weighted by Gasteiger charge is -2.32. The second-order valence-electron chi connectivity index (χ2n) is 14.9. The number of nitrogens with one attached hydrogen (secondary N) is 4. The smallest absolute Gasteiger partial charge is 0.252 e. The molecule has 3 aromatic carbocycles. The Kier molecular flexibility index (Phi) is 15.4. The van der Waals surface area contributed by atoms with Crippen molar-refractivity contribution in [2.24, 2.45) is 17.2 Å². The van der Waals surface area contributed by atoms with E-state index in [4.69, 9.17) is 31.9 Å². The number of rotatable bonds is 15. The molecular formula is C43H55N9O7. The van der Waals surface area contributed by atoms with Gasteiger partial charge in [0.25, 0.3) is 5.91 Å². The normalized spacial score (nSPS) is 18.4. The molecule has 0 radical (unpaired) electrons. The summed E-state index contributed by atoms with van der Waals surface area (Å²) in [4.78, 5) is 70.9. The zero-order chi connectivity index (χ0) is 42.6. The number of hydrogen-bond donors (Lipinski definition) is 7. The molecule has 3 aromatic rings. The van der Waals surface area contributed by atoms with Crippen molar-refractivity contribution in [3.63, 3.8) is 0 Å². The zero-order valence-corrected chi connectivity index (χ0v) is 33.8. The van der Waals surface area contributed by atoms with Gasteiger partial charge in [-0.05, 0) is 98.2 Å². The molecule has 0 aromatic heterocycles. The second kappa shape index (κ2) is 20.6. The summed E-state index contributed by atoms with van der Waals surface area (Å²) in [5.74, 6) is -1.77. The summed E-state index contributed by atoms with van der Waals surface area (Å²) in [6, 6.07) is 13.1. The molecule has 1 aliphatic heterocycles. The molecule has 0 saturated heterocycles. The molecule has 1 heterocycles. The molecule has 1 aliphatic carbocycles. The van der Waals surface area contributed by atoms with E-state index in [0.29, 0.717) is 45.2 Å². The fourth-order valence-corrected chi connectivity index (χ4v) is 7.30. The summed E-state index contributed by atoms with van der Waals surface area (Å²) in [5.41, 5.74) is 22.0. The Hall–Kier alpha value is -6.02. The fourth-order valence-electron chi connectivity index (χ4n) is 7.30. The Bertz CT molecular complexity index is 2060. The highest BCUT2D eigenvalue weighted by atomic mass is 16.5. The lowest BCUT2D eigenvalue weighted by atomic mass is 9.79.